The molecule has 0 aliphatic carbocycles. The summed E-state index contributed by atoms with van der Waals surface area (Å²) >= 11 is 1.63. The number of benzene rings is 3. The van der Waals surface area contributed by atoms with E-state index in [2.05, 4.69) is 55.1 Å². The van der Waals surface area contributed by atoms with Crippen LogP contribution in [0.1, 0.15) is 34.6 Å². The molecule has 1 aromatic heterocycles. The van der Waals surface area contributed by atoms with E-state index in [-0.39, 0.29) is 11.8 Å². The van der Waals surface area contributed by atoms with E-state index in [1.165, 1.54) is 11.1 Å². The van der Waals surface area contributed by atoms with E-state index in [0.29, 0.717) is 13.0 Å². The quantitative estimate of drug-likeness (QED) is 0.307. The molecular weight excluding hydrogens is 466 g/mol. The Bertz CT molecular complexity index is 1260. The number of amides is 1. The van der Waals surface area contributed by atoms with Gasteiger partial charge in [-0.3, -0.25) is 14.6 Å². The molecule has 1 saturated heterocycles. The number of hydrogen-bond acceptors (Lipinski definition) is 5. The van der Waals surface area contributed by atoms with E-state index < -0.39 is 0 Å². The Kier molecular flexibility index (Phi) is 7.75. The van der Waals surface area contributed by atoms with Gasteiger partial charge in [-0.15, -0.1) is 0 Å². The van der Waals surface area contributed by atoms with Crippen molar-refractivity contribution >= 4 is 32.6 Å². The molecule has 3 aromatic carbocycles. The van der Waals surface area contributed by atoms with E-state index in [1.54, 1.807) is 11.3 Å². The summed E-state index contributed by atoms with van der Waals surface area (Å²) in [6, 6.07) is 25.0. The average molecular weight is 500 g/mol. The van der Waals surface area contributed by atoms with Crippen molar-refractivity contribution in [2.24, 2.45) is 0 Å². The summed E-state index contributed by atoms with van der Waals surface area (Å²) in [7, 11) is 0. The number of rotatable bonds is 8. The molecule has 2 heterocycles. The fraction of sp³-hybridized carbons (Fsp3) is 0.333. The highest BCUT2D eigenvalue weighted by atomic mass is 32.1. The summed E-state index contributed by atoms with van der Waals surface area (Å²) in [6.07, 6.45) is 0.394. The van der Waals surface area contributed by atoms with E-state index in [4.69, 9.17) is 9.72 Å². The van der Waals surface area contributed by atoms with Crippen LogP contribution < -0.4 is 4.90 Å². The zero-order chi connectivity index (χ0) is 24.9. The topological polar surface area (TPSA) is 45.7 Å². The number of morpholine rings is 1. The molecule has 0 saturated carbocycles. The van der Waals surface area contributed by atoms with Gasteiger partial charge in [-0.2, -0.15) is 0 Å². The highest BCUT2D eigenvalue weighted by molar-refractivity contribution is 7.22. The van der Waals surface area contributed by atoms with Crippen LogP contribution in [0.25, 0.3) is 10.2 Å². The fourth-order valence-corrected chi connectivity index (χ4v) is 6.02. The number of fused-ring (bicyclic) bond motifs is 1. The SMILES string of the molecule is Cc1cc(C)c2sc(N(CCN3CCOCC3)C(=O)CC(c3ccccc3)c3ccccc3)nc2c1. The van der Waals surface area contributed by atoms with Gasteiger partial charge in [-0.1, -0.05) is 78.1 Å². The minimum absolute atomic E-state index is 0.0101. The highest BCUT2D eigenvalue weighted by Crippen LogP contribution is 2.34. The lowest BCUT2D eigenvalue weighted by Gasteiger charge is -2.30. The van der Waals surface area contributed by atoms with Gasteiger partial charge < -0.3 is 4.74 Å². The van der Waals surface area contributed by atoms with E-state index >= 15 is 0 Å². The summed E-state index contributed by atoms with van der Waals surface area (Å²) in [6.45, 7) is 8.94. The van der Waals surface area contributed by atoms with Crippen LogP contribution in [0, 0.1) is 13.8 Å². The average Bonchev–Trinajstić information content (AvgIpc) is 3.33. The number of hydrogen-bond donors (Lipinski definition) is 0. The Morgan fingerprint density at radius 2 is 1.64 bits per heavy atom. The third-order valence-electron chi connectivity index (χ3n) is 6.87. The zero-order valence-electron chi connectivity index (χ0n) is 21.0. The van der Waals surface area contributed by atoms with Crippen LogP contribution >= 0.6 is 11.3 Å². The van der Waals surface area contributed by atoms with Gasteiger partial charge in [0.15, 0.2) is 5.13 Å². The van der Waals surface area contributed by atoms with Gasteiger partial charge in [0.1, 0.15) is 0 Å². The van der Waals surface area contributed by atoms with Gasteiger partial charge >= 0.3 is 0 Å². The molecule has 5 rings (SSSR count). The molecule has 6 heteroatoms. The molecule has 0 bridgehead atoms. The molecule has 1 aliphatic rings. The first-order chi connectivity index (χ1) is 17.6. The van der Waals surface area contributed by atoms with Crippen LogP contribution in [0.4, 0.5) is 5.13 Å². The van der Waals surface area contributed by atoms with Crippen LogP contribution in [-0.2, 0) is 9.53 Å². The lowest BCUT2D eigenvalue weighted by atomic mass is 9.88. The van der Waals surface area contributed by atoms with Crippen molar-refractivity contribution in [2.75, 3.05) is 44.3 Å². The molecule has 0 unspecified atom stereocenters. The summed E-state index contributed by atoms with van der Waals surface area (Å²) in [5, 5.41) is 0.789. The van der Waals surface area contributed by atoms with Gasteiger partial charge in [0.2, 0.25) is 5.91 Å². The number of carbonyl (C=O) groups excluding carboxylic acids is 1. The number of carbonyl (C=O) groups is 1. The second kappa shape index (κ2) is 11.3. The maximum absolute atomic E-state index is 14.1. The normalized spacial score (nSPS) is 14.4. The minimum atomic E-state index is -0.0101. The van der Waals surface area contributed by atoms with E-state index in [1.807, 2.05) is 41.3 Å². The summed E-state index contributed by atoms with van der Waals surface area (Å²) in [4.78, 5) is 23.3. The first-order valence-electron chi connectivity index (χ1n) is 12.7. The molecule has 0 N–H and O–H groups in total. The predicted molar refractivity (Wildman–Crippen MR) is 148 cm³/mol. The van der Waals surface area contributed by atoms with Crippen LogP contribution in [0.5, 0.6) is 0 Å². The summed E-state index contributed by atoms with van der Waals surface area (Å²) in [5.41, 5.74) is 5.68. The number of aryl methyl sites for hydroxylation is 2. The lowest BCUT2D eigenvalue weighted by Crippen LogP contribution is -2.43. The first-order valence-corrected chi connectivity index (χ1v) is 13.5. The molecule has 0 atom stereocenters. The number of aromatic nitrogens is 1. The minimum Gasteiger partial charge on any atom is -0.379 e. The number of nitrogens with zero attached hydrogens (tertiary/aromatic N) is 3. The van der Waals surface area contributed by atoms with E-state index in [0.717, 1.165) is 59.3 Å². The molecule has 4 aromatic rings. The second-order valence-corrected chi connectivity index (χ2v) is 10.5. The molecule has 1 amide bonds. The number of anilines is 1. The van der Waals surface area contributed by atoms with Gasteiger partial charge in [-0.05, 0) is 42.2 Å². The van der Waals surface area contributed by atoms with Crippen LogP contribution in [0.3, 0.4) is 0 Å². The van der Waals surface area contributed by atoms with Crippen molar-refractivity contribution in [3.05, 3.63) is 95.1 Å². The van der Waals surface area contributed by atoms with Gasteiger partial charge in [0.25, 0.3) is 0 Å². The van der Waals surface area contributed by atoms with Gasteiger partial charge in [0, 0.05) is 38.5 Å². The first kappa shape index (κ1) is 24.6. The lowest BCUT2D eigenvalue weighted by molar-refractivity contribution is -0.118. The third-order valence-corrected chi connectivity index (χ3v) is 8.10. The Morgan fingerprint density at radius 1 is 1.00 bits per heavy atom. The molecule has 1 fully saturated rings. The Morgan fingerprint density at radius 3 is 2.28 bits per heavy atom. The maximum Gasteiger partial charge on any atom is 0.229 e. The van der Waals surface area contributed by atoms with Crippen molar-refractivity contribution in [3.8, 4) is 0 Å². The Balaban J connectivity index is 1.46. The monoisotopic (exact) mass is 499 g/mol. The maximum atomic E-state index is 14.1. The summed E-state index contributed by atoms with van der Waals surface area (Å²) < 4.78 is 6.68. The summed E-state index contributed by atoms with van der Waals surface area (Å²) in [5.74, 6) is 0.0959. The number of ether oxygens (including phenoxy) is 1. The van der Waals surface area contributed by atoms with Crippen molar-refractivity contribution < 1.29 is 9.53 Å². The van der Waals surface area contributed by atoms with Gasteiger partial charge in [-0.25, -0.2) is 4.98 Å². The molecular formula is C30H33N3O2S. The number of thiazole rings is 1. The fourth-order valence-electron chi connectivity index (χ4n) is 4.96. The Hall–Kier alpha value is -3.06. The van der Waals surface area contributed by atoms with Crippen molar-refractivity contribution in [3.63, 3.8) is 0 Å². The van der Waals surface area contributed by atoms with Gasteiger partial charge in [0.05, 0.1) is 23.4 Å². The smallest absolute Gasteiger partial charge is 0.229 e. The second-order valence-electron chi connectivity index (χ2n) is 9.50. The highest BCUT2D eigenvalue weighted by Gasteiger charge is 2.26. The molecule has 5 nitrogen and oxygen atoms in total. The zero-order valence-corrected chi connectivity index (χ0v) is 21.8. The molecule has 0 spiro atoms. The predicted octanol–water partition coefficient (Wildman–Crippen LogP) is 5.80. The largest absolute Gasteiger partial charge is 0.379 e. The van der Waals surface area contributed by atoms with Crippen LogP contribution in [0.15, 0.2) is 72.8 Å². The van der Waals surface area contributed by atoms with Crippen molar-refractivity contribution in [1.29, 1.82) is 0 Å². The molecule has 1 aliphatic heterocycles. The van der Waals surface area contributed by atoms with E-state index in [9.17, 15) is 4.79 Å². The molecule has 186 valence electrons. The molecule has 36 heavy (non-hydrogen) atoms. The van der Waals surface area contributed by atoms with Crippen molar-refractivity contribution in [1.82, 2.24) is 9.88 Å². The standard InChI is InChI=1S/C30H33N3O2S/c1-22-19-23(2)29-27(20-22)31-30(36-29)33(14-13-32-15-17-35-18-16-32)28(34)21-26(24-9-5-3-6-10-24)25-11-7-4-8-12-25/h3-12,19-20,26H,13-18,21H2,1-2H3. The molecule has 0 radical (unpaired) electrons. The van der Waals surface area contributed by atoms with Crippen LogP contribution in [0.2, 0.25) is 0 Å². The Labute approximate surface area is 217 Å². The van der Waals surface area contributed by atoms with Crippen molar-refractivity contribution in [2.45, 2.75) is 26.2 Å². The third kappa shape index (κ3) is 5.67. The van der Waals surface area contributed by atoms with Crippen LogP contribution in [-0.4, -0.2) is 55.2 Å².